The van der Waals surface area contributed by atoms with E-state index in [0.717, 1.165) is 24.0 Å². The molecule has 0 saturated heterocycles. The van der Waals surface area contributed by atoms with Crippen LogP contribution in [0.15, 0.2) is 30.3 Å². The van der Waals surface area contributed by atoms with Gasteiger partial charge in [0.2, 0.25) is 0 Å². The summed E-state index contributed by atoms with van der Waals surface area (Å²) in [6.07, 6.45) is 2.56. The largest absolute Gasteiger partial charge is 0.508 e. The second-order valence-corrected chi connectivity index (χ2v) is 5.05. The number of hydrogen-bond donors (Lipinski definition) is 2. The molecule has 2 heteroatoms. The lowest BCUT2D eigenvalue weighted by molar-refractivity contribution is 0.456. The normalized spacial score (nSPS) is 10.8. The van der Waals surface area contributed by atoms with Gasteiger partial charge in [-0.1, -0.05) is 39.0 Å². The van der Waals surface area contributed by atoms with Crippen LogP contribution in [0.2, 0.25) is 0 Å². The average molecular weight is 270 g/mol. The second kappa shape index (κ2) is 6.00. The Bertz CT molecular complexity index is 615. The number of rotatable bonds is 4. The lowest BCUT2D eigenvalue weighted by atomic mass is 9.93. The zero-order valence-electron chi connectivity index (χ0n) is 12.4. The highest BCUT2D eigenvalue weighted by atomic mass is 16.3. The number of aryl methyl sites for hydroxylation is 3. The topological polar surface area (TPSA) is 40.5 Å². The van der Waals surface area contributed by atoms with Crippen LogP contribution in [0.3, 0.4) is 0 Å². The first-order chi connectivity index (χ1) is 9.60. The number of phenols is 2. The highest BCUT2D eigenvalue weighted by Gasteiger charge is 2.13. The maximum Gasteiger partial charge on any atom is 0.123 e. The fraction of sp³-hybridized carbons (Fsp3) is 0.333. The van der Waals surface area contributed by atoms with Crippen LogP contribution in [0, 0.1) is 0 Å². The maximum absolute atomic E-state index is 10.3. The van der Waals surface area contributed by atoms with E-state index in [1.807, 2.05) is 6.92 Å². The maximum atomic E-state index is 10.3. The molecule has 0 saturated carbocycles. The Balaban J connectivity index is 2.64. The Morgan fingerprint density at radius 1 is 0.700 bits per heavy atom. The predicted molar refractivity (Wildman–Crippen MR) is 83.3 cm³/mol. The highest BCUT2D eigenvalue weighted by molar-refractivity contribution is 5.76. The molecule has 0 atom stereocenters. The summed E-state index contributed by atoms with van der Waals surface area (Å²) in [7, 11) is 0. The van der Waals surface area contributed by atoms with Gasteiger partial charge in [-0.3, -0.25) is 0 Å². The predicted octanol–water partition coefficient (Wildman–Crippen LogP) is 4.45. The third-order valence-corrected chi connectivity index (χ3v) is 3.83. The van der Waals surface area contributed by atoms with Crippen LogP contribution in [0.1, 0.15) is 37.5 Å². The van der Waals surface area contributed by atoms with Crippen molar-refractivity contribution in [2.75, 3.05) is 0 Å². The molecular weight excluding hydrogens is 248 g/mol. The summed E-state index contributed by atoms with van der Waals surface area (Å²) < 4.78 is 0. The fourth-order valence-corrected chi connectivity index (χ4v) is 2.52. The summed E-state index contributed by atoms with van der Waals surface area (Å²) >= 11 is 0. The summed E-state index contributed by atoms with van der Waals surface area (Å²) in [5.41, 5.74) is 4.92. The van der Waals surface area contributed by atoms with E-state index in [9.17, 15) is 10.2 Å². The third-order valence-electron chi connectivity index (χ3n) is 3.83. The molecule has 2 aromatic rings. The van der Waals surface area contributed by atoms with Crippen molar-refractivity contribution in [3.05, 3.63) is 47.0 Å². The van der Waals surface area contributed by atoms with E-state index in [1.165, 1.54) is 11.1 Å². The first-order valence-electron chi connectivity index (χ1n) is 7.27. The van der Waals surface area contributed by atoms with E-state index in [2.05, 4.69) is 32.0 Å². The number of hydrogen-bond acceptors (Lipinski definition) is 2. The van der Waals surface area contributed by atoms with Gasteiger partial charge in [0, 0.05) is 5.56 Å². The van der Waals surface area contributed by atoms with Crippen molar-refractivity contribution in [2.24, 2.45) is 0 Å². The van der Waals surface area contributed by atoms with Crippen LogP contribution in [0.25, 0.3) is 11.1 Å². The summed E-state index contributed by atoms with van der Waals surface area (Å²) in [6, 6.07) is 9.70. The van der Waals surface area contributed by atoms with Gasteiger partial charge in [0.1, 0.15) is 11.5 Å². The van der Waals surface area contributed by atoms with E-state index < -0.39 is 0 Å². The van der Waals surface area contributed by atoms with Crippen molar-refractivity contribution in [3.63, 3.8) is 0 Å². The van der Waals surface area contributed by atoms with Crippen LogP contribution >= 0.6 is 0 Å². The molecule has 0 aliphatic carbocycles. The highest BCUT2D eigenvalue weighted by Crippen LogP contribution is 2.37. The van der Waals surface area contributed by atoms with Gasteiger partial charge in [0.25, 0.3) is 0 Å². The summed E-state index contributed by atoms with van der Waals surface area (Å²) in [6.45, 7) is 6.17. The average Bonchev–Trinajstić information content (AvgIpc) is 2.48. The van der Waals surface area contributed by atoms with Crippen molar-refractivity contribution in [2.45, 2.75) is 40.0 Å². The van der Waals surface area contributed by atoms with Crippen LogP contribution in [-0.4, -0.2) is 10.2 Å². The van der Waals surface area contributed by atoms with Crippen molar-refractivity contribution in [3.8, 4) is 22.6 Å². The van der Waals surface area contributed by atoms with Crippen molar-refractivity contribution in [1.29, 1.82) is 0 Å². The molecule has 2 aromatic carbocycles. The third kappa shape index (κ3) is 2.64. The SMILES string of the molecule is CCc1ccc(CC)c(-c2cc(O)c(CC)cc2O)c1. The summed E-state index contributed by atoms with van der Waals surface area (Å²) in [4.78, 5) is 0. The van der Waals surface area contributed by atoms with E-state index in [1.54, 1.807) is 12.1 Å². The molecule has 2 nitrogen and oxygen atoms in total. The molecule has 2 rings (SSSR count). The second-order valence-electron chi connectivity index (χ2n) is 5.05. The van der Waals surface area contributed by atoms with Crippen molar-refractivity contribution >= 4 is 0 Å². The molecule has 20 heavy (non-hydrogen) atoms. The smallest absolute Gasteiger partial charge is 0.123 e. The molecule has 0 heterocycles. The van der Waals surface area contributed by atoms with Crippen LogP contribution in [0.5, 0.6) is 11.5 Å². The van der Waals surface area contributed by atoms with Crippen LogP contribution < -0.4 is 0 Å². The molecular formula is C18H22O2. The molecule has 0 unspecified atom stereocenters. The fourth-order valence-electron chi connectivity index (χ4n) is 2.52. The van der Waals surface area contributed by atoms with Crippen LogP contribution in [0.4, 0.5) is 0 Å². The minimum atomic E-state index is 0.239. The molecule has 0 aromatic heterocycles. The Morgan fingerprint density at radius 3 is 2.00 bits per heavy atom. The molecule has 0 aliphatic heterocycles. The van der Waals surface area contributed by atoms with Crippen molar-refractivity contribution in [1.82, 2.24) is 0 Å². The Hall–Kier alpha value is -1.96. The monoisotopic (exact) mass is 270 g/mol. The molecule has 106 valence electrons. The van der Waals surface area contributed by atoms with Gasteiger partial charge in [-0.05, 0) is 53.6 Å². The van der Waals surface area contributed by atoms with E-state index >= 15 is 0 Å². The number of phenolic OH excluding ortho intramolecular Hbond substituents is 2. The number of benzene rings is 2. The quantitative estimate of drug-likeness (QED) is 0.806. The zero-order chi connectivity index (χ0) is 14.7. The van der Waals surface area contributed by atoms with Crippen LogP contribution in [-0.2, 0) is 19.3 Å². The Labute approximate surface area is 120 Å². The van der Waals surface area contributed by atoms with Gasteiger partial charge in [-0.2, -0.15) is 0 Å². The first-order valence-corrected chi connectivity index (χ1v) is 7.27. The standard InChI is InChI=1S/C18H22O2/c1-4-12-7-8-13(5-2)15(9-12)16-11-17(19)14(6-3)10-18(16)20/h7-11,19-20H,4-6H2,1-3H3. The van der Waals surface area contributed by atoms with E-state index in [4.69, 9.17) is 0 Å². The Kier molecular flexibility index (Phi) is 4.33. The van der Waals surface area contributed by atoms with Gasteiger partial charge in [-0.15, -0.1) is 0 Å². The molecule has 0 radical (unpaired) electrons. The molecule has 0 amide bonds. The number of aromatic hydroxyl groups is 2. The van der Waals surface area contributed by atoms with Gasteiger partial charge < -0.3 is 10.2 Å². The van der Waals surface area contributed by atoms with E-state index in [0.29, 0.717) is 12.0 Å². The van der Waals surface area contributed by atoms with Gasteiger partial charge in [0.15, 0.2) is 0 Å². The summed E-state index contributed by atoms with van der Waals surface area (Å²) in [5, 5.41) is 20.3. The zero-order valence-corrected chi connectivity index (χ0v) is 12.4. The minimum Gasteiger partial charge on any atom is -0.508 e. The minimum absolute atomic E-state index is 0.239. The van der Waals surface area contributed by atoms with Gasteiger partial charge >= 0.3 is 0 Å². The van der Waals surface area contributed by atoms with Gasteiger partial charge in [-0.25, -0.2) is 0 Å². The molecule has 2 N–H and O–H groups in total. The lowest BCUT2D eigenvalue weighted by Crippen LogP contribution is -1.92. The molecule has 0 bridgehead atoms. The molecule has 0 aliphatic rings. The lowest BCUT2D eigenvalue weighted by Gasteiger charge is -2.14. The molecule has 0 fully saturated rings. The van der Waals surface area contributed by atoms with E-state index in [-0.39, 0.29) is 11.5 Å². The first kappa shape index (κ1) is 14.4. The Morgan fingerprint density at radius 2 is 1.40 bits per heavy atom. The van der Waals surface area contributed by atoms with Gasteiger partial charge in [0.05, 0.1) is 0 Å². The summed E-state index contributed by atoms with van der Waals surface area (Å²) in [5.74, 6) is 0.492. The van der Waals surface area contributed by atoms with Crippen molar-refractivity contribution < 1.29 is 10.2 Å². The molecule has 0 spiro atoms.